The number of rotatable bonds is 7. The number of carbonyl (C=O) groups is 1. The van der Waals surface area contributed by atoms with Gasteiger partial charge in [0.15, 0.2) is 0 Å². The summed E-state index contributed by atoms with van der Waals surface area (Å²) in [5.41, 5.74) is 3.13. The molecule has 0 aliphatic heterocycles. The second-order valence-corrected chi connectivity index (χ2v) is 6.20. The van der Waals surface area contributed by atoms with Crippen LogP contribution in [0.2, 0.25) is 5.02 Å². The van der Waals surface area contributed by atoms with E-state index in [-0.39, 0.29) is 5.56 Å². The van der Waals surface area contributed by atoms with Gasteiger partial charge < -0.3 is 15.2 Å². The van der Waals surface area contributed by atoms with Gasteiger partial charge in [-0.25, -0.2) is 4.79 Å². The number of carboxylic acid groups (broad SMARTS) is 1. The van der Waals surface area contributed by atoms with Crippen molar-refractivity contribution in [2.75, 3.05) is 5.32 Å². The Bertz CT molecular complexity index is 894. The standard InChI is InChI=1S/C21H18ClNO3/c22-18-6-3-4-15(12-18)14-26-20-7-2-1-5-17(20)13-23-19-10-8-16(9-11-19)21(24)25/h1-12,23H,13-14H2,(H,24,25). The van der Waals surface area contributed by atoms with Crippen molar-refractivity contribution in [3.63, 3.8) is 0 Å². The Kier molecular flexibility index (Phi) is 5.77. The lowest BCUT2D eigenvalue weighted by atomic mass is 10.1. The summed E-state index contributed by atoms with van der Waals surface area (Å²) >= 11 is 6.00. The maximum absolute atomic E-state index is 10.9. The molecule has 0 unspecified atom stereocenters. The molecule has 0 saturated heterocycles. The van der Waals surface area contributed by atoms with E-state index in [1.54, 1.807) is 24.3 Å². The van der Waals surface area contributed by atoms with Crippen LogP contribution in [0.3, 0.4) is 0 Å². The van der Waals surface area contributed by atoms with Gasteiger partial charge in [0, 0.05) is 22.8 Å². The van der Waals surface area contributed by atoms with Crippen LogP contribution in [-0.2, 0) is 13.2 Å². The van der Waals surface area contributed by atoms with Gasteiger partial charge in [-0.2, -0.15) is 0 Å². The second-order valence-electron chi connectivity index (χ2n) is 5.76. The van der Waals surface area contributed by atoms with Gasteiger partial charge in [0.2, 0.25) is 0 Å². The number of hydrogen-bond acceptors (Lipinski definition) is 3. The minimum Gasteiger partial charge on any atom is -0.489 e. The van der Waals surface area contributed by atoms with E-state index in [0.29, 0.717) is 18.2 Å². The van der Waals surface area contributed by atoms with Crippen molar-refractivity contribution in [1.29, 1.82) is 0 Å². The number of anilines is 1. The number of halogens is 1. The Labute approximate surface area is 157 Å². The van der Waals surface area contributed by atoms with Crippen LogP contribution in [0.4, 0.5) is 5.69 Å². The predicted octanol–water partition coefficient (Wildman–Crippen LogP) is 5.23. The van der Waals surface area contributed by atoms with Crippen LogP contribution in [0.1, 0.15) is 21.5 Å². The average Bonchev–Trinajstić information content (AvgIpc) is 2.66. The van der Waals surface area contributed by atoms with Crippen LogP contribution in [-0.4, -0.2) is 11.1 Å². The van der Waals surface area contributed by atoms with E-state index in [1.807, 2.05) is 48.5 Å². The van der Waals surface area contributed by atoms with Crippen LogP contribution in [0, 0.1) is 0 Å². The van der Waals surface area contributed by atoms with E-state index in [9.17, 15) is 4.79 Å². The third kappa shape index (κ3) is 4.77. The molecule has 2 N–H and O–H groups in total. The molecule has 0 spiro atoms. The highest BCUT2D eigenvalue weighted by Gasteiger charge is 2.05. The molecule has 0 aromatic heterocycles. The Morgan fingerprint density at radius 2 is 1.77 bits per heavy atom. The van der Waals surface area contributed by atoms with Gasteiger partial charge in [-0.3, -0.25) is 0 Å². The summed E-state index contributed by atoms with van der Waals surface area (Å²) < 4.78 is 5.94. The zero-order chi connectivity index (χ0) is 18.4. The van der Waals surface area contributed by atoms with Gasteiger partial charge in [-0.05, 0) is 48.0 Å². The van der Waals surface area contributed by atoms with Crippen LogP contribution >= 0.6 is 11.6 Å². The lowest BCUT2D eigenvalue weighted by Crippen LogP contribution is -2.04. The van der Waals surface area contributed by atoms with Crippen LogP contribution in [0.15, 0.2) is 72.8 Å². The molecule has 26 heavy (non-hydrogen) atoms. The van der Waals surface area contributed by atoms with Crippen LogP contribution in [0.25, 0.3) is 0 Å². The van der Waals surface area contributed by atoms with E-state index in [0.717, 1.165) is 22.6 Å². The average molecular weight is 368 g/mol. The van der Waals surface area contributed by atoms with E-state index in [2.05, 4.69) is 5.32 Å². The number of benzene rings is 3. The van der Waals surface area contributed by atoms with E-state index < -0.39 is 5.97 Å². The molecule has 0 aliphatic rings. The van der Waals surface area contributed by atoms with Crippen molar-refractivity contribution < 1.29 is 14.6 Å². The SMILES string of the molecule is O=C(O)c1ccc(NCc2ccccc2OCc2cccc(Cl)c2)cc1. The minimum atomic E-state index is -0.934. The first-order chi connectivity index (χ1) is 12.6. The molecule has 0 amide bonds. The third-order valence-electron chi connectivity index (χ3n) is 3.87. The molecular weight excluding hydrogens is 350 g/mol. The Morgan fingerprint density at radius 3 is 2.50 bits per heavy atom. The number of carboxylic acids is 1. The summed E-state index contributed by atoms with van der Waals surface area (Å²) in [4.78, 5) is 10.9. The van der Waals surface area contributed by atoms with Crippen LogP contribution < -0.4 is 10.1 Å². The molecule has 3 aromatic rings. The molecule has 132 valence electrons. The van der Waals surface area contributed by atoms with Gasteiger partial charge >= 0.3 is 5.97 Å². The van der Waals surface area contributed by atoms with Gasteiger partial charge in [0.1, 0.15) is 12.4 Å². The van der Waals surface area contributed by atoms with Crippen molar-refractivity contribution in [2.24, 2.45) is 0 Å². The van der Waals surface area contributed by atoms with Crippen molar-refractivity contribution in [2.45, 2.75) is 13.2 Å². The maximum Gasteiger partial charge on any atom is 0.335 e. The third-order valence-corrected chi connectivity index (χ3v) is 4.11. The first kappa shape index (κ1) is 17.8. The summed E-state index contributed by atoms with van der Waals surface area (Å²) in [6.07, 6.45) is 0. The Balaban J connectivity index is 1.64. The molecule has 0 atom stereocenters. The molecule has 0 heterocycles. The summed E-state index contributed by atoms with van der Waals surface area (Å²) in [6, 6.07) is 22.0. The van der Waals surface area contributed by atoms with Crippen molar-refractivity contribution in [3.05, 3.63) is 94.5 Å². The van der Waals surface area contributed by atoms with E-state index in [4.69, 9.17) is 21.4 Å². The lowest BCUT2D eigenvalue weighted by molar-refractivity contribution is 0.0697. The van der Waals surface area contributed by atoms with E-state index in [1.165, 1.54) is 0 Å². The number of aromatic carboxylic acids is 1. The molecule has 0 aliphatic carbocycles. The van der Waals surface area contributed by atoms with Crippen LogP contribution in [0.5, 0.6) is 5.75 Å². The first-order valence-electron chi connectivity index (χ1n) is 8.14. The maximum atomic E-state index is 10.9. The summed E-state index contributed by atoms with van der Waals surface area (Å²) in [6.45, 7) is 1.00. The highest BCUT2D eigenvalue weighted by atomic mass is 35.5. The topological polar surface area (TPSA) is 58.6 Å². The van der Waals surface area contributed by atoms with Crippen molar-refractivity contribution >= 4 is 23.3 Å². The minimum absolute atomic E-state index is 0.265. The predicted molar refractivity (Wildman–Crippen MR) is 103 cm³/mol. The first-order valence-corrected chi connectivity index (χ1v) is 8.52. The highest BCUT2D eigenvalue weighted by Crippen LogP contribution is 2.22. The molecule has 0 fully saturated rings. The summed E-state index contributed by atoms with van der Waals surface area (Å²) in [7, 11) is 0. The Morgan fingerprint density at radius 1 is 1.00 bits per heavy atom. The molecular formula is C21H18ClNO3. The zero-order valence-electron chi connectivity index (χ0n) is 14.0. The lowest BCUT2D eigenvalue weighted by Gasteiger charge is -2.13. The fourth-order valence-electron chi connectivity index (χ4n) is 2.51. The number of nitrogens with one attached hydrogen (secondary N) is 1. The van der Waals surface area contributed by atoms with Gasteiger partial charge in [-0.15, -0.1) is 0 Å². The monoisotopic (exact) mass is 367 g/mol. The van der Waals surface area contributed by atoms with Gasteiger partial charge in [0.05, 0.1) is 5.56 Å². The Hall–Kier alpha value is -2.98. The van der Waals surface area contributed by atoms with Crippen molar-refractivity contribution in [1.82, 2.24) is 0 Å². The molecule has 4 nitrogen and oxygen atoms in total. The van der Waals surface area contributed by atoms with E-state index >= 15 is 0 Å². The fourth-order valence-corrected chi connectivity index (χ4v) is 2.72. The smallest absolute Gasteiger partial charge is 0.335 e. The molecule has 0 bridgehead atoms. The van der Waals surface area contributed by atoms with Gasteiger partial charge in [-0.1, -0.05) is 41.9 Å². The molecule has 0 saturated carbocycles. The number of hydrogen-bond donors (Lipinski definition) is 2. The number of para-hydroxylation sites is 1. The fraction of sp³-hybridized carbons (Fsp3) is 0.0952. The molecule has 3 rings (SSSR count). The van der Waals surface area contributed by atoms with Gasteiger partial charge in [0.25, 0.3) is 0 Å². The highest BCUT2D eigenvalue weighted by molar-refractivity contribution is 6.30. The van der Waals surface area contributed by atoms with Crippen molar-refractivity contribution in [3.8, 4) is 5.75 Å². The zero-order valence-corrected chi connectivity index (χ0v) is 14.7. The molecule has 0 radical (unpaired) electrons. The number of ether oxygens (including phenoxy) is 1. The normalized spacial score (nSPS) is 10.3. The molecule has 3 aromatic carbocycles. The summed E-state index contributed by atoms with van der Waals surface area (Å²) in [5, 5.41) is 12.9. The molecule has 5 heteroatoms. The second kappa shape index (κ2) is 8.41. The summed E-state index contributed by atoms with van der Waals surface area (Å²) in [5.74, 6) is -0.140. The quantitative estimate of drug-likeness (QED) is 0.600. The largest absolute Gasteiger partial charge is 0.489 e.